The summed E-state index contributed by atoms with van der Waals surface area (Å²) in [6.07, 6.45) is 2.76. The van der Waals surface area contributed by atoms with Crippen molar-refractivity contribution in [2.45, 2.75) is 18.2 Å². The molecule has 0 radical (unpaired) electrons. The van der Waals surface area contributed by atoms with Gasteiger partial charge in [-0.05, 0) is 67.4 Å². The van der Waals surface area contributed by atoms with E-state index in [1.165, 1.54) is 23.0 Å². The third-order valence-corrected chi connectivity index (χ3v) is 8.19. The molecule has 0 atom stereocenters. The van der Waals surface area contributed by atoms with Crippen LogP contribution in [0.3, 0.4) is 0 Å². The van der Waals surface area contributed by atoms with Crippen LogP contribution in [0.5, 0.6) is 0 Å². The van der Waals surface area contributed by atoms with Crippen LogP contribution in [0.15, 0.2) is 76.5 Å². The first-order valence-electron chi connectivity index (χ1n) is 12.9. The zero-order valence-corrected chi connectivity index (χ0v) is 22.9. The fourth-order valence-corrected chi connectivity index (χ4v) is 5.84. The molecule has 0 saturated carbocycles. The van der Waals surface area contributed by atoms with Crippen LogP contribution in [0.4, 0.5) is 11.4 Å². The van der Waals surface area contributed by atoms with Crippen LogP contribution < -0.4 is 15.5 Å². The van der Waals surface area contributed by atoms with Crippen LogP contribution in [0.25, 0.3) is 6.08 Å². The van der Waals surface area contributed by atoms with Gasteiger partial charge >= 0.3 is 0 Å². The molecule has 2 aliphatic rings. The molecule has 0 aliphatic carbocycles. The van der Waals surface area contributed by atoms with Crippen LogP contribution in [-0.2, 0) is 4.79 Å². The number of amides is 2. The maximum Gasteiger partial charge on any atom is 0.262 e. The van der Waals surface area contributed by atoms with Gasteiger partial charge in [0.15, 0.2) is 0 Å². The number of nitrogens with zero attached hydrogens (tertiary/aromatic N) is 2. The van der Waals surface area contributed by atoms with Gasteiger partial charge in [0.05, 0.1) is 10.6 Å². The third-order valence-electron chi connectivity index (χ3n) is 6.85. The van der Waals surface area contributed by atoms with Gasteiger partial charge in [-0.3, -0.25) is 14.5 Å². The number of aryl methyl sites for hydroxylation is 1. The van der Waals surface area contributed by atoms with Crippen molar-refractivity contribution in [3.05, 3.63) is 93.3 Å². The number of carbonyl (C=O) groups is 2. The standard InChI is InChI=1S/C30H31ClN4O2S/c1-21-8-10-24(31)20-26(21)35-16-14-34(15-17-35)13-5-12-32-29(36)23-9-11-27-25(19-23)33-30(37)28(38-27)18-22-6-3-2-4-7-22/h2-4,6-11,18-20H,5,12-17H2,1H3,(H,32,36)(H,33,37)/b28-18-. The number of hydrogen-bond donors (Lipinski definition) is 2. The number of benzene rings is 3. The van der Waals surface area contributed by atoms with Gasteiger partial charge in [-0.2, -0.15) is 0 Å². The van der Waals surface area contributed by atoms with Gasteiger partial charge in [0.1, 0.15) is 0 Å². The predicted molar refractivity (Wildman–Crippen MR) is 157 cm³/mol. The molecule has 2 amide bonds. The number of rotatable bonds is 7. The highest BCUT2D eigenvalue weighted by Gasteiger charge is 2.22. The summed E-state index contributed by atoms with van der Waals surface area (Å²) in [5, 5.41) is 6.73. The number of thioether (sulfide) groups is 1. The van der Waals surface area contributed by atoms with Crippen molar-refractivity contribution in [1.82, 2.24) is 10.2 Å². The lowest BCUT2D eigenvalue weighted by molar-refractivity contribution is -0.112. The number of anilines is 2. The maximum absolute atomic E-state index is 12.8. The molecule has 1 saturated heterocycles. The lowest BCUT2D eigenvalue weighted by Gasteiger charge is -2.37. The summed E-state index contributed by atoms with van der Waals surface area (Å²) >= 11 is 7.62. The van der Waals surface area contributed by atoms with E-state index in [1.54, 1.807) is 6.07 Å². The lowest BCUT2D eigenvalue weighted by Crippen LogP contribution is -2.47. The number of carbonyl (C=O) groups excluding carboxylic acids is 2. The summed E-state index contributed by atoms with van der Waals surface area (Å²) in [6, 6.07) is 21.3. The smallest absolute Gasteiger partial charge is 0.262 e. The Hall–Kier alpha value is -3.26. The van der Waals surface area contributed by atoms with Crippen molar-refractivity contribution in [3.63, 3.8) is 0 Å². The fourth-order valence-electron chi connectivity index (χ4n) is 4.74. The summed E-state index contributed by atoms with van der Waals surface area (Å²) in [4.78, 5) is 31.8. The second-order valence-corrected chi connectivity index (χ2v) is 11.1. The summed E-state index contributed by atoms with van der Waals surface area (Å²) in [7, 11) is 0. The van der Waals surface area contributed by atoms with E-state index in [2.05, 4.69) is 33.4 Å². The van der Waals surface area contributed by atoms with Gasteiger partial charge in [0.25, 0.3) is 11.8 Å². The lowest BCUT2D eigenvalue weighted by atomic mass is 10.1. The minimum atomic E-state index is -0.158. The molecule has 0 unspecified atom stereocenters. The van der Waals surface area contributed by atoms with E-state index < -0.39 is 0 Å². The van der Waals surface area contributed by atoms with Gasteiger partial charge < -0.3 is 15.5 Å². The molecular weight excluding hydrogens is 516 g/mol. The fraction of sp³-hybridized carbons (Fsp3) is 0.267. The molecular formula is C30H31ClN4O2S. The van der Waals surface area contributed by atoms with E-state index in [-0.39, 0.29) is 11.8 Å². The molecule has 0 bridgehead atoms. The molecule has 196 valence electrons. The Labute approximate surface area is 233 Å². The van der Waals surface area contributed by atoms with Crippen LogP contribution in [-0.4, -0.2) is 56.0 Å². The van der Waals surface area contributed by atoms with Gasteiger partial charge in [-0.25, -0.2) is 0 Å². The van der Waals surface area contributed by atoms with Crippen molar-refractivity contribution in [2.24, 2.45) is 0 Å². The second-order valence-electron chi connectivity index (χ2n) is 9.56. The van der Waals surface area contributed by atoms with E-state index in [1.807, 2.05) is 60.7 Å². The molecule has 0 aromatic heterocycles. The van der Waals surface area contributed by atoms with Gasteiger partial charge in [0.2, 0.25) is 0 Å². The van der Waals surface area contributed by atoms with E-state index in [9.17, 15) is 9.59 Å². The van der Waals surface area contributed by atoms with Gasteiger partial charge in [-0.1, -0.05) is 59.8 Å². The summed E-state index contributed by atoms with van der Waals surface area (Å²) in [5.41, 5.74) is 4.65. The summed E-state index contributed by atoms with van der Waals surface area (Å²) in [5.74, 6) is -0.284. The minimum absolute atomic E-state index is 0.126. The third kappa shape index (κ3) is 6.41. The van der Waals surface area contributed by atoms with Crippen molar-refractivity contribution in [1.29, 1.82) is 0 Å². The first-order chi connectivity index (χ1) is 18.5. The van der Waals surface area contributed by atoms with Crippen molar-refractivity contribution >= 4 is 52.6 Å². The van der Waals surface area contributed by atoms with Crippen LogP contribution in [0, 0.1) is 6.92 Å². The second kappa shape index (κ2) is 12.1. The summed E-state index contributed by atoms with van der Waals surface area (Å²) < 4.78 is 0. The van der Waals surface area contributed by atoms with E-state index >= 15 is 0 Å². The Morgan fingerprint density at radius 3 is 2.63 bits per heavy atom. The van der Waals surface area contributed by atoms with E-state index in [4.69, 9.17) is 11.6 Å². The molecule has 3 aromatic carbocycles. The predicted octanol–water partition coefficient (Wildman–Crippen LogP) is 5.68. The topological polar surface area (TPSA) is 64.7 Å². The molecule has 8 heteroatoms. The summed E-state index contributed by atoms with van der Waals surface area (Å²) in [6.45, 7) is 7.58. The number of piperazine rings is 1. The quantitative estimate of drug-likeness (QED) is 0.295. The first kappa shape index (κ1) is 26.4. The number of hydrogen-bond acceptors (Lipinski definition) is 5. The highest BCUT2D eigenvalue weighted by atomic mass is 35.5. The molecule has 2 aliphatic heterocycles. The maximum atomic E-state index is 12.8. The van der Waals surface area contributed by atoms with Crippen molar-refractivity contribution in [2.75, 3.05) is 49.5 Å². The Morgan fingerprint density at radius 2 is 1.84 bits per heavy atom. The zero-order valence-electron chi connectivity index (χ0n) is 21.4. The van der Waals surface area contributed by atoms with Crippen molar-refractivity contribution < 1.29 is 9.59 Å². The molecule has 2 heterocycles. The minimum Gasteiger partial charge on any atom is -0.369 e. The van der Waals surface area contributed by atoms with Gasteiger partial charge in [0, 0.05) is 53.9 Å². The van der Waals surface area contributed by atoms with E-state index in [0.717, 1.165) is 54.6 Å². The number of fused-ring (bicyclic) bond motifs is 1. The Balaban J connectivity index is 1.08. The van der Waals surface area contributed by atoms with Crippen LogP contribution in [0.2, 0.25) is 5.02 Å². The monoisotopic (exact) mass is 546 g/mol. The number of halogens is 1. The van der Waals surface area contributed by atoms with E-state index in [0.29, 0.717) is 22.7 Å². The molecule has 0 spiro atoms. The Morgan fingerprint density at radius 1 is 1.05 bits per heavy atom. The zero-order chi connectivity index (χ0) is 26.5. The SMILES string of the molecule is Cc1ccc(Cl)cc1N1CCN(CCCNC(=O)c2ccc3c(c2)NC(=O)/C(=C/c2ccccc2)S3)CC1. The van der Waals surface area contributed by atoms with Gasteiger partial charge in [-0.15, -0.1) is 0 Å². The Bertz CT molecular complexity index is 1350. The molecule has 6 nitrogen and oxygen atoms in total. The Kier molecular flexibility index (Phi) is 8.37. The highest BCUT2D eigenvalue weighted by Crippen LogP contribution is 2.39. The van der Waals surface area contributed by atoms with Crippen molar-refractivity contribution in [3.8, 4) is 0 Å². The average molecular weight is 547 g/mol. The first-order valence-corrected chi connectivity index (χ1v) is 14.1. The molecule has 1 fully saturated rings. The normalized spacial score (nSPS) is 16.7. The molecule has 5 rings (SSSR count). The molecule has 3 aromatic rings. The molecule has 38 heavy (non-hydrogen) atoms. The van der Waals surface area contributed by atoms with Crippen LogP contribution >= 0.6 is 23.4 Å². The number of nitrogens with one attached hydrogen (secondary N) is 2. The molecule has 2 N–H and O–H groups in total. The largest absolute Gasteiger partial charge is 0.369 e. The highest BCUT2D eigenvalue weighted by molar-refractivity contribution is 8.04. The average Bonchev–Trinajstić information content (AvgIpc) is 2.93. The van der Waals surface area contributed by atoms with Crippen LogP contribution in [0.1, 0.15) is 27.9 Å².